The Hall–Kier alpha value is -0.710. The molecular formula is C11H12ClNO2S. The normalized spacial score (nSPS) is 24.4. The van der Waals surface area contributed by atoms with Gasteiger partial charge in [0.25, 0.3) is 0 Å². The van der Waals surface area contributed by atoms with Crippen LogP contribution in [0.4, 0.5) is 0 Å². The molecule has 1 aromatic rings. The smallest absolute Gasteiger partial charge is 0.323 e. The molecule has 1 fully saturated rings. The molecule has 1 N–H and O–H groups in total. The summed E-state index contributed by atoms with van der Waals surface area (Å²) in [7, 11) is 1.41. The van der Waals surface area contributed by atoms with Crippen molar-refractivity contribution in [3.8, 4) is 0 Å². The summed E-state index contributed by atoms with van der Waals surface area (Å²) in [5, 5.41) is 4.08. The van der Waals surface area contributed by atoms with Gasteiger partial charge < -0.3 is 4.74 Å². The molecular weight excluding hydrogens is 246 g/mol. The quantitative estimate of drug-likeness (QED) is 0.825. The van der Waals surface area contributed by atoms with E-state index in [2.05, 4.69) is 5.32 Å². The molecule has 1 saturated heterocycles. The summed E-state index contributed by atoms with van der Waals surface area (Å²) in [4.78, 5) is 11.3. The molecule has 2 rings (SSSR count). The molecule has 0 aliphatic carbocycles. The predicted octanol–water partition coefficient (Wildman–Crippen LogP) is 2.22. The molecule has 0 radical (unpaired) electrons. The second-order valence-corrected chi connectivity index (χ2v) is 5.08. The lowest BCUT2D eigenvalue weighted by molar-refractivity contribution is -0.142. The second-order valence-electron chi connectivity index (χ2n) is 3.51. The van der Waals surface area contributed by atoms with Gasteiger partial charge in [0.05, 0.1) is 12.5 Å². The fraction of sp³-hybridized carbons (Fsp3) is 0.364. The van der Waals surface area contributed by atoms with Crippen LogP contribution < -0.4 is 5.32 Å². The molecule has 1 aliphatic heterocycles. The van der Waals surface area contributed by atoms with Crippen LogP contribution in [0.1, 0.15) is 10.9 Å². The van der Waals surface area contributed by atoms with Crippen LogP contribution >= 0.6 is 23.4 Å². The van der Waals surface area contributed by atoms with Crippen LogP contribution in [0, 0.1) is 0 Å². The van der Waals surface area contributed by atoms with Gasteiger partial charge in [-0.3, -0.25) is 10.1 Å². The van der Waals surface area contributed by atoms with E-state index in [0.29, 0.717) is 0 Å². The summed E-state index contributed by atoms with van der Waals surface area (Å²) in [6.45, 7) is 0. The molecule has 1 aromatic carbocycles. The standard InChI is InChI=1S/C11H12ClNO2S/c1-15-11(14)9-6-16-10(13-9)7-2-4-8(12)5-3-7/h2-5,9-10,13H,6H2,1H3/t9-,10+/m1/s1. The fourth-order valence-electron chi connectivity index (χ4n) is 1.58. The highest BCUT2D eigenvalue weighted by Crippen LogP contribution is 2.33. The van der Waals surface area contributed by atoms with E-state index in [0.717, 1.165) is 16.3 Å². The van der Waals surface area contributed by atoms with Crippen molar-refractivity contribution < 1.29 is 9.53 Å². The molecule has 86 valence electrons. The summed E-state index contributed by atoms with van der Waals surface area (Å²) in [5.41, 5.74) is 1.13. The van der Waals surface area contributed by atoms with Crippen LogP contribution in [0.5, 0.6) is 0 Å². The molecule has 0 aromatic heterocycles. The molecule has 0 saturated carbocycles. The van der Waals surface area contributed by atoms with Crippen LogP contribution in [0.2, 0.25) is 5.02 Å². The minimum Gasteiger partial charge on any atom is -0.468 e. The summed E-state index contributed by atoms with van der Waals surface area (Å²) >= 11 is 7.52. The highest BCUT2D eigenvalue weighted by molar-refractivity contribution is 7.99. The topological polar surface area (TPSA) is 38.3 Å². The van der Waals surface area contributed by atoms with Gasteiger partial charge in [0.1, 0.15) is 6.04 Å². The summed E-state index contributed by atoms with van der Waals surface area (Å²) < 4.78 is 4.70. The molecule has 2 atom stereocenters. The molecule has 0 amide bonds. The van der Waals surface area contributed by atoms with E-state index in [-0.39, 0.29) is 17.4 Å². The fourth-order valence-corrected chi connectivity index (χ4v) is 2.93. The van der Waals surface area contributed by atoms with Gasteiger partial charge in [0.15, 0.2) is 0 Å². The first-order chi connectivity index (χ1) is 7.70. The van der Waals surface area contributed by atoms with Crippen LogP contribution in [-0.4, -0.2) is 24.9 Å². The van der Waals surface area contributed by atoms with Crippen LogP contribution in [0.3, 0.4) is 0 Å². The number of benzene rings is 1. The van der Waals surface area contributed by atoms with Gasteiger partial charge in [-0.25, -0.2) is 0 Å². The monoisotopic (exact) mass is 257 g/mol. The van der Waals surface area contributed by atoms with E-state index in [9.17, 15) is 4.79 Å². The molecule has 0 spiro atoms. The van der Waals surface area contributed by atoms with E-state index in [1.807, 2.05) is 24.3 Å². The molecule has 0 bridgehead atoms. The van der Waals surface area contributed by atoms with Crippen molar-refractivity contribution >= 4 is 29.3 Å². The van der Waals surface area contributed by atoms with Crippen LogP contribution in [0.25, 0.3) is 0 Å². The van der Waals surface area contributed by atoms with Gasteiger partial charge >= 0.3 is 5.97 Å². The Labute approximate surface area is 104 Å². The maximum absolute atomic E-state index is 11.3. The zero-order chi connectivity index (χ0) is 11.5. The van der Waals surface area contributed by atoms with Crippen molar-refractivity contribution in [2.75, 3.05) is 12.9 Å². The average Bonchev–Trinajstić information content (AvgIpc) is 2.78. The number of carbonyl (C=O) groups excluding carboxylic acids is 1. The van der Waals surface area contributed by atoms with Gasteiger partial charge in [0.2, 0.25) is 0 Å². The average molecular weight is 258 g/mol. The summed E-state index contributed by atoms with van der Waals surface area (Å²) in [6.07, 6.45) is 0. The minimum atomic E-state index is -0.212. The molecule has 1 heterocycles. The number of rotatable bonds is 2. The Morgan fingerprint density at radius 3 is 2.81 bits per heavy atom. The molecule has 0 unspecified atom stereocenters. The van der Waals surface area contributed by atoms with Gasteiger partial charge in [-0.15, -0.1) is 11.8 Å². The van der Waals surface area contributed by atoms with Crippen molar-refractivity contribution in [2.24, 2.45) is 0 Å². The third-order valence-electron chi connectivity index (χ3n) is 2.44. The maximum Gasteiger partial charge on any atom is 0.323 e. The first kappa shape index (κ1) is 11.8. The Kier molecular flexibility index (Phi) is 3.74. The number of nitrogens with one attached hydrogen (secondary N) is 1. The predicted molar refractivity (Wildman–Crippen MR) is 65.6 cm³/mol. The number of carbonyl (C=O) groups is 1. The number of ether oxygens (including phenoxy) is 1. The van der Waals surface area contributed by atoms with Crippen molar-refractivity contribution in [2.45, 2.75) is 11.4 Å². The van der Waals surface area contributed by atoms with E-state index >= 15 is 0 Å². The number of halogens is 1. The Morgan fingerprint density at radius 1 is 1.50 bits per heavy atom. The van der Waals surface area contributed by atoms with Gasteiger partial charge in [0, 0.05) is 10.8 Å². The maximum atomic E-state index is 11.3. The van der Waals surface area contributed by atoms with Crippen LogP contribution in [-0.2, 0) is 9.53 Å². The van der Waals surface area contributed by atoms with E-state index in [1.165, 1.54) is 7.11 Å². The first-order valence-electron chi connectivity index (χ1n) is 4.91. The highest BCUT2D eigenvalue weighted by Gasteiger charge is 2.30. The van der Waals surface area contributed by atoms with E-state index < -0.39 is 0 Å². The lowest BCUT2D eigenvalue weighted by Gasteiger charge is -2.12. The largest absolute Gasteiger partial charge is 0.468 e. The van der Waals surface area contributed by atoms with Crippen LogP contribution in [0.15, 0.2) is 24.3 Å². The number of thioether (sulfide) groups is 1. The van der Waals surface area contributed by atoms with E-state index in [1.54, 1.807) is 11.8 Å². The van der Waals surface area contributed by atoms with Crippen molar-refractivity contribution in [3.05, 3.63) is 34.9 Å². The minimum absolute atomic E-state index is 0.140. The van der Waals surface area contributed by atoms with Gasteiger partial charge in [-0.05, 0) is 17.7 Å². The van der Waals surface area contributed by atoms with Gasteiger partial charge in [-0.1, -0.05) is 23.7 Å². The Balaban J connectivity index is 2.03. The highest BCUT2D eigenvalue weighted by atomic mass is 35.5. The summed E-state index contributed by atoms with van der Waals surface area (Å²) in [6, 6.07) is 7.42. The van der Waals surface area contributed by atoms with Crippen molar-refractivity contribution in [1.29, 1.82) is 0 Å². The Bertz CT molecular complexity index is 382. The summed E-state index contributed by atoms with van der Waals surface area (Å²) in [5.74, 6) is 0.531. The number of hydrogen-bond donors (Lipinski definition) is 1. The lowest BCUT2D eigenvalue weighted by atomic mass is 10.2. The molecule has 1 aliphatic rings. The van der Waals surface area contributed by atoms with E-state index in [4.69, 9.17) is 16.3 Å². The molecule has 3 nitrogen and oxygen atoms in total. The zero-order valence-electron chi connectivity index (χ0n) is 8.77. The SMILES string of the molecule is COC(=O)[C@H]1CS[C@@H](c2ccc(Cl)cc2)N1. The zero-order valence-corrected chi connectivity index (χ0v) is 10.3. The molecule has 5 heteroatoms. The third kappa shape index (κ3) is 2.51. The lowest BCUT2D eigenvalue weighted by Crippen LogP contribution is -2.34. The first-order valence-corrected chi connectivity index (χ1v) is 6.34. The third-order valence-corrected chi connectivity index (χ3v) is 3.96. The van der Waals surface area contributed by atoms with Crippen molar-refractivity contribution in [3.63, 3.8) is 0 Å². The number of methoxy groups -OCH3 is 1. The van der Waals surface area contributed by atoms with Crippen molar-refractivity contribution in [1.82, 2.24) is 5.32 Å². The molecule has 16 heavy (non-hydrogen) atoms. The number of hydrogen-bond acceptors (Lipinski definition) is 4. The number of esters is 1. The second kappa shape index (κ2) is 5.08. The Morgan fingerprint density at radius 2 is 2.19 bits per heavy atom. The van der Waals surface area contributed by atoms with Gasteiger partial charge in [-0.2, -0.15) is 0 Å².